The van der Waals surface area contributed by atoms with Crippen LogP contribution in [0, 0.1) is 11.8 Å². The van der Waals surface area contributed by atoms with Crippen molar-refractivity contribution in [1.29, 1.82) is 0 Å². The van der Waals surface area contributed by atoms with Gasteiger partial charge in [0.25, 0.3) is 0 Å². The molecule has 3 aliphatic rings. The lowest BCUT2D eigenvalue weighted by molar-refractivity contribution is -0.126. The first-order chi connectivity index (χ1) is 7.28. The number of rotatable bonds is 1. The summed E-state index contributed by atoms with van der Waals surface area (Å²) in [5.41, 5.74) is -0.486. The summed E-state index contributed by atoms with van der Waals surface area (Å²) in [6, 6.07) is -0.0209. The fourth-order valence-corrected chi connectivity index (χ4v) is 2.88. The summed E-state index contributed by atoms with van der Waals surface area (Å²) >= 11 is 0. The second kappa shape index (κ2) is 2.83. The minimum absolute atomic E-state index is 0.0209. The zero-order valence-corrected chi connectivity index (χ0v) is 8.51. The number of ether oxygens (including phenoxy) is 1. The standard InChI is InChI=1S/C12H13NO2/c1-15-12-7-3-2-4-8-5-6-9(12)13-11(14)10(8)12/h2-10H,1H3,(H,13,14). The number of hydrogen-bond acceptors (Lipinski definition) is 2. The van der Waals surface area contributed by atoms with Crippen LogP contribution in [-0.4, -0.2) is 24.7 Å². The molecule has 0 aromatic carbocycles. The molecule has 1 aliphatic heterocycles. The highest BCUT2D eigenvalue weighted by molar-refractivity contribution is 5.86. The topological polar surface area (TPSA) is 38.3 Å². The van der Waals surface area contributed by atoms with E-state index >= 15 is 0 Å². The van der Waals surface area contributed by atoms with Gasteiger partial charge >= 0.3 is 0 Å². The van der Waals surface area contributed by atoms with Crippen LogP contribution in [0.15, 0.2) is 36.5 Å². The first kappa shape index (κ1) is 8.92. The third-order valence-electron chi connectivity index (χ3n) is 3.62. The molecule has 3 heteroatoms. The predicted molar refractivity (Wildman–Crippen MR) is 56.1 cm³/mol. The number of carbonyl (C=O) groups excluding carboxylic acids is 1. The summed E-state index contributed by atoms with van der Waals surface area (Å²) in [4.78, 5) is 11.9. The van der Waals surface area contributed by atoms with Crippen molar-refractivity contribution in [1.82, 2.24) is 5.32 Å². The summed E-state index contributed by atoms with van der Waals surface area (Å²) in [6.45, 7) is 0. The van der Waals surface area contributed by atoms with Gasteiger partial charge in [0.15, 0.2) is 0 Å². The van der Waals surface area contributed by atoms with Crippen molar-refractivity contribution < 1.29 is 9.53 Å². The maximum atomic E-state index is 11.9. The van der Waals surface area contributed by atoms with Crippen molar-refractivity contribution >= 4 is 5.91 Å². The van der Waals surface area contributed by atoms with E-state index in [1.165, 1.54) is 0 Å². The van der Waals surface area contributed by atoms with E-state index in [1.807, 2.05) is 24.3 Å². The highest BCUT2D eigenvalue weighted by atomic mass is 16.5. The van der Waals surface area contributed by atoms with E-state index < -0.39 is 5.60 Å². The van der Waals surface area contributed by atoms with Crippen LogP contribution in [0.1, 0.15) is 0 Å². The molecule has 0 saturated carbocycles. The van der Waals surface area contributed by atoms with Crippen molar-refractivity contribution in [3.05, 3.63) is 36.5 Å². The summed E-state index contributed by atoms with van der Waals surface area (Å²) < 4.78 is 5.63. The van der Waals surface area contributed by atoms with E-state index in [9.17, 15) is 4.79 Å². The van der Waals surface area contributed by atoms with Gasteiger partial charge in [-0.15, -0.1) is 0 Å². The van der Waals surface area contributed by atoms with E-state index in [0.717, 1.165) is 0 Å². The van der Waals surface area contributed by atoms with Crippen molar-refractivity contribution in [3.8, 4) is 0 Å². The maximum absolute atomic E-state index is 11.9. The Morgan fingerprint density at radius 1 is 1.33 bits per heavy atom. The summed E-state index contributed by atoms with van der Waals surface area (Å²) in [5.74, 6) is 0.124. The molecule has 3 nitrogen and oxygen atoms in total. The van der Waals surface area contributed by atoms with Gasteiger partial charge in [-0.3, -0.25) is 4.79 Å². The second-order valence-corrected chi connectivity index (χ2v) is 4.23. The molecule has 1 N–H and O–H groups in total. The normalized spacial score (nSPS) is 45.4. The zero-order valence-electron chi connectivity index (χ0n) is 8.51. The molecule has 0 radical (unpaired) electrons. The molecule has 0 aromatic rings. The van der Waals surface area contributed by atoms with Gasteiger partial charge in [-0.05, 0) is 6.08 Å². The lowest BCUT2D eigenvalue weighted by Gasteiger charge is -2.37. The molecule has 78 valence electrons. The van der Waals surface area contributed by atoms with Crippen LogP contribution in [-0.2, 0) is 9.53 Å². The van der Waals surface area contributed by atoms with Crippen molar-refractivity contribution in [2.24, 2.45) is 11.8 Å². The number of amides is 1. The largest absolute Gasteiger partial charge is 0.371 e. The van der Waals surface area contributed by atoms with Crippen LogP contribution in [0.2, 0.25) is 0 Å². The average molecular weight is 203 g/mol. The van der Waals surface area contributed by atoms with Crippen molar-refractivity contribution in [2.75, 3.05) is 7.11 Å². The van der Waals surface area contributed by atoms with Crippen LogP contribution < -0.4 is 5.32 Å². The zero-order chi connectivity index (χ0) is 10.5. The second-order valence-electron chi connectivity index (χ2n) is 4.23. The molecule has 4 atom stereocenters. The Balaban J connectivity index is 2.19. The van der Waals surface area contributed by atoms with E-state index in [2.05, 4.69) is 17.5 Å². The van der Waals surface area contributed by atoms with Crippen LogP contribution in [0.25, 0.3) is 0 Å². The van der Waals surface area contributed by atoms with Crippen LogP contribution in [0.3, 0.4) is 0 Å². The molecule has 1 heterocycles. The monoisotopic (exact) mass is 203 g/mol. The molecule has 1 fully saturated rings. The van der Waals surface area contributed by atoms with E-state index in [-0.39, 0.29) is 23.8 Å². The lowest BCUT2D eigenvalue weighted by atomic mass is 9.73. The third kappa shape index (κ3) is 0.960. The van der Waals surface area contributed by atoms with Gasteiger partial charge in [-0.1, -0.05) is 30.4 Å². The molecule has 4 unspecified atom stereocenters. The van der Waals surface area contributed by atoms with Gasteiger partial charge in [0.1, 0.15) is 5.60 Å². The fraction of sp³-hybridized carbons (Fsp3) is 0.417. The Hall–Kier alpha value is -1.35. The molecule has 3 rings (SSSR count). The summed E-state index contributed by atoms with van der Waals surface area (Å²) in [7, 11) is 1.67. The minimum Gasteiger partial charge on any atom is -0.371 e. The number of hydrogen-bond donors (Lipinski definition) is 1. The third-order valence-corrected chi connectivity index (χ3v) is 3.62. The van der Waals surface area contributed by atoms with Crippen molar-refractivity contribution in [2.45, 2.75) is 11.6 Å². The SMILES string of the molecule is COC12C=CC=CC3C=CC1NC(=O)C32. The Morgan fingerprint density at radius 3 is 3.00 bits per heavy atom. The fourth-order valence-electron chi connectivity index (χ4n) is 2.88. The smallest absolute Gasteiger partial charge is 0.227 e. The van der Waals surface area contributed by atoms with Crippen LogP contribution >= 0.6 is 0 Å². The van der Waals surface area contributed by atoms with Crippen LogP contribution in [0.5, 0.6) is 0 Å². The molecule has 2 aliphatic carbocycles. The molecule has 0 spiro atoms. The summed E-state index contributed by atoms with van der Waals surface area (Å²) in [5, 5.41) is 2.97. The Bertz CT molecular complexity index is 396. The first-order valence-electron chi connectivity index (χ1n) is 5.18. The van der Waals surface area contributed by atoms with E-state index in [0.29, 0.717) is 0 Å². The molecule has 1 saturated heterocycles. The predicted octanol–water partition coefficient (Wildman–Crippen LogP) is 0.798. The molecule has 15 heavy (non-hydrogen) atoms. The van der Waals surface area contributed by atoms with Gasteiger partial charge in [0.05, 0.1) is 12.0 Å². The van der Waals surface area contributed by atoms with Crippen LogP contribution in [0.4, 0.5) is 0 Å². The molecule has 1 amide bonds. The van der Waals surface area contributed by atoms with Gasteiger partial charge in [-0.2, -0.15) is 0 Å². The number of carbonyl (C=O) groups is 1. The number of allylic oxidation sites excluding steroid dienone is 4. The van der Waals surface area contributed by atoms with Gasteiger partial charge in [-0.25, -0.2) is 0 Å². The Labute approximate surface area is 88.5 Å². The summed E-state index contributed by atoms with van der Waals surface area (Å²) in [6.07, 6.45) is 12.1. The number of methoxy groups -OCH3 is 1. The quantitative estimate of drug-likeness (QED) is 0.640. The average Bonchev–Trinajstić information content (AvgIpc) is 2.39. The van der Waals surface area contributed by atoms with E-state index in [1.54, 1.807) is 7.11 Å². The minimum atomic E-state index is -0.486. The lowest BCUT2D eigenvalue weighted by Crippen LogP contribution is -2.48. The van der Waals surface area contributed by atoms with E-state index in [4.69, 9.17) is 4.74 Å². The Morgan fingerprint density at radius 2 is 2.20 bits per heavy atom. The van der Waals surface area contributed by atoms with Gasteiger partial charge in [0, 0.05) is 13.0 Å². The van der Waals surface area contributed by atoms with Crippen molar-refractivity contribution in [3.63, 3.8) is 0 Å². The van der Waals surface area contributed by atoms with Gasteiger partial charge < -0.3 is 10.1 Å². The molecular weight excluding hydrogens is 190 g/mol. The first-order valence-corrected chi connectivity index (χ1v) is 5.18. The Kier molecular flexibility index (Phi) is 1.68. The number of nitrogens with one attached hydrogen (secondary N) is 1. The van der Waals surface area contributed by atoms with Gasteiger partial charge in [0.2, 0.25) is 5.91 Å². The highest BCUT2D eigenvalue weighted by Gasteiger charge is 2.57. The maximum Gasteiger partial charge on any atom is 0.227 e. The molecular formula is C12H13NO2. The highest BCUT2D eigenvalue weighted by Crippen LogP contribution is 2.44. The molecule has 4 bridgehead atoms. The molecule has 0 aromatic heterocycles.